The van der Waals surface area contributed by atoms with E-state index in [1.54, 1.807) is 0 Å². The van der Waals surface area contributed by atoms with Gasteiger partial charge in [0.2, 0.25) is 0 Å². The van der Waals surface area contributed by atoms with E-state index in [2.05, 4.69) is 62.1 Å². The van der Waals surface area contributed by atoms with Crippen molar-refractivity contribution in [1.82, 2.24) is 15.5 Å². The minimum atomic E-state index is 0.581. The van der Waals surface area contributed by atoms with Crippen LogP contribution in [-0.4, -0.2) is 49.6 Å². The van der Waals surface area contributed by atoms with Gasteiger partial charge in [0.05, 0.1) is 0 Å². The molecule has 0 aliphatic carbocycles. The summed E-state index contributed by atoms with van der Waals surface area (Å²) in [6.45, 7) is 16.3. The second-order valence-electron chi connectivity index (χ2n) is 5.70. The Labute approximate surface area is 113 Å². The van der Waals surface area contributed by atoms with Crippen LogP contribution in [0, 0.1) is 5.92 Å². The van der Waals surface area contributed by atoms with Crippen molar-refractivity contribution in [1.29, 1.82) is 0 Å². The van der Waals surface area contributed by atoms with Gasteiger partial charge >= 0.3 is 0 Å². The first-order chi connectivity index (χ1) is 8.38. The fourth-order valence-electron chi connectivity index (χ4n) is 1.94. The van der Waals surface area contributed by atoms with E-state index < -0.39 is 0 Å². The number of nitrogens with one attached hydrogen (secondary N) is 2. The molecule has 0 unspecified atom stereocenters. The Morgan fingerprint density at radius 3 is 1.94 bits per heavy atom. The highest BCUT2D eigenvalue weighted by Crippen LogP contribution is 2.03. The molecule has 18 heavy (non-hydrogen) atoms. The minimum absolute atomic E-state index is 0.581. The molecule has 0 aromatic carbocycles. The van der Waals surface area contributed by atoms with Gasteiger partial charge in [-0.15, -0.1) is 0 Å². The van der Waals surface area contributed by atoms with Crippen LogP contribution in [0.4, 0.5) is 0 Å². The van der Waals surface area contributed by atoms with Crippen LogP contribution in [0.5, 0.6) is 0 Å². The van der Waals surface area contributed by atoms with Gasteiger partial charge in [-0.1, -0.05) is 13.8 Å². The van der Waals surface area contributed by atoms with Crippen molar-refractivity contribution < 1.29 is 0 Å². The topological polar surface area (TPSA) is 39.7 Å². The lowest BCUT2D eigenvalue weighted by molar-refractivity contribution is 0.178. The van der Waals surface area contributed by atoms with E-state index in [4.69, 9.17) is 0 Å². The van der Waals surface area contributed by atoms with E-state index in [0.29, 0.717) is 18.0 Å². The highest BCUT2D eigenvalue weighted by Gasteiger charge is 2.12. The number of nitrogens with zero attached hydrogens (tertiary/aromatic N) is 2. The van der Waals surface area contributed by atoms with Gasteiger partial charge in [0.1, 0.15) is 0 Å². The molecular formula is C14H32N4. The Bertz CT molecular complexity index is 226. The van der Waals surface area contributed by atoms with Crippen molar-refractivity contribution in [2.75, 3.05) is 26.7 Å². The third-order valence-corrected chi connectivity index (χ3v) is 2.89. The molecule has 0 radical (unpaired) electrons. The Kier molecular flexibility index (Phi) is 8.81. The molecule has 4 heteroatoms. The summed E-state index contributed by atoms with van der Waals surface area (Å²) in [6, 6.07) is 1.16. The Morgan fingerprint density at radius 2 is 1.56 bits per heavy atom. The fraction of sp³-hybridized carbons (Fsp3) is 0.929. The van der Waals surface area contributed by atoms with Gasteiger partial charge < -0.3 is 10.6 Å². The first kappa shape index (κ1) is 17.2. The molecule has 2 N–H and O–H groups in total. The van der Waals surface area contributed by atoms with E-state index in [1.807, 2.05) is 7.05 Å². The van der Waals surface area contributed by atoms with Gasteiger partial charge in [0, 0.05) is 38.8 Å². The summed E-state index contributed by atoms with van der Waals surface area (Å²) in [5.41, 5.74) is 0. The number of guanidine groups is 1. The van der Waals surface area contributed by atoms with Crippen LogP contribution in [0.1, 0.15) is 41.5 Å². The molecule has 0 rings (SSSR count). The molecule has 0 amide bonds. The van der Waals surface area contributed by atoms with E-state index >= 15 is 0 Å². The molecule has 0 saturated carbocycles. The third kappa shape index (κ3) is 7.54. The average molecular weight is 256 g/mol. The SMILES string of the molecule is CN=C(NCCN(C(C)C)C(C)C)NCC(C)C. The molecule has 0 spiro atoms. The summed E-state index contributed by atoms with van der Waals surface area (Å²) in [7, 11) is 1.82. The summed E-state index contributed by atoms with van der Waals surface area (Å²) in [4.78, 5) is 6.70. The second-order valence-corrected chi connectivity index (χ2v) is 5.70. The zero-order chi connectivity index (χ0) is 14.1. The van der Waals surface area contributed by atoms with Gasteiger partial charge in [-0.3, -0.25) is 9.89 Å². The maximum absolute atomic E-state index is 4.22. The van der Waals surface area contributed by atoms with E-state index in [0.717, 1.165) is 25.6 Å². The van der Waals surface area contributed by atoms with Crippen LogP contribution < -0.4 is 10.6 Å². The lowest BCUT2D eigenvalue weighted by Gasteiger charge is -2.30. The lowest BCUT2D eigenvalue weighted by Crippen LogP contribution is -2.45. The molecule has 0 fully saturated rings. The molecule has 0 aromatic heterocycles. The molecule has 108 valence electrons. The molecule has 0 atom stereocenters. The van der Waals surface area contributed by atoms with Crippen LogP contribution in [-0.2, 0) is 0 Å². The summed E-state index contributed by atoms with van der Waals surface area (Å²) < 4.78 is 0. The quantitative estimate of drug-likeness (QED) is 0.540. The zero-order valence-corrected chi connectivity index (χ0v) is 13.2. The number of hydrogen-bond acceptors (Lipinski definition) is 2. The van der Waals surface area contributed by atoms with E-state index in [1.165, 1.54) is 0 Å². The van der Waals surface area contributed by atoms with Crippen LogP contribution in [0.2, 0.25) is 0 Å². The molecule has 0 bridgehead atoms. The van der Waals surface area contributed by atoms with Crippen molar-refractivity contribution in [3.05, 3.63) is 0 Å². The first-order valence-corrected chi connectivity index (χ1v) is 7.08. The van der Waals surface area contributed by atoms with Crippen molar-refractivity contribution in [2.24, 2.45) is 10.9 Å². The van der Waals surface area contributed by atoms with Crippen LogP contribution >= 0.6 is 0 Å². The summed E-state index contributed by atoms with van der Waals surface area (Å²) >= 11 is 0. The fourth-order valence-corrected chi connectivity index (χ4v) is 1.94. The van der Waals surface area contributed by atoms with E-state index in [-0.39, 0.29) is 0 Å². The maximum atomic E-state index is 4.22. The van der Waals surface area contributed by atoms with Gasteiger partial charge in [-0.25, -0.2) is 0 Å². The predicted octanol–water partition coefficient (Wildman–Crippen LogP) is 1.93. The first-order valence-electron chi connectivity index (χ1n) is 7.08. The average Bonchev–Trinajstić information content (AvgIpc) is 2.26. The highest BCUT2D eigenvalue weighted by molar-refractivity contribution is 5.79. The molecular weight excluding hydrogens is 224 g/mol. The molecule has 0 aliphatic heterocycles. The zero-order valence-electron chi connectivity index (χ0n) is 13.2. The largest absolute Gasteiger partial charge is 0.356 e. The Hall–Kier alpha value is -0.770. The summed E-state index contributed by atoms with van der Waals surface area (Å²) in [5, 5.41) is 6.68. The van der Waals surface area contributed by atoms with Crippen LogP contribution in [0.3, 0.4) is 0 Å². The maximum Gasteiger partial charge on any atom is 0.191 e. The lowest BCUT2D eigenvalue weighted by atomic mass is 10.2. The van der Waals surface area contributed by atoms with Crippen molar-refractivity contribution in [2.45, 2.75) is 53.6 Å². The predicted molar refractivity (Wildman–Crippen MR) is 81.2 cm³/mol. The van der Waals surface area contributed by atoms with Crippen molar-refractivity contribution >= 4 is 5.96 Å². The third-order valence-electron chi connectivity index (χ3n) is 2.89. The van der Waals surface area contributed by atoms with Crippen LogP contribution in [0.25, 0.3) is 0 Å². The molecule has 0 saturated heterocycles. The minimum Gasteiger partial charge on any atom is -0.356 e. The Balaban J connectivity index is 3.99. The highest BCUT2D eigenvalue weighted by atomic mass is 15.2. The molecule has 4 nitrogen and oxygen atoms in total. The van der Waals surface area contributed by atoms with Gasteiger partial charge in [-0.2, -0.15) is 0 Å². The smallest absolute Gasteiger partial charge is 0.191 e. The Morgan fingerprint density at radius 1 is 1.00 bits per heavy atom. The van der Waals surface area contributed by atoms with Crippen molar-refractivity contribution in [3.8, 4) is 0 Å². The van der Waals surface area contributed by atoms with Gasteiger partial charge in [0.25, 0.3) is 0 Å². The summed E-state index contributed by atoms with van der Waals surface area (Å²) in [5.74, 6) is 1.53. The van der Waals surface area contributed by atoms with Crippen LogP contribution in [0.15, 0.2) is 4.99 Å². The monoisotopic (exact) mass is 256 g/mol. The van der Waals surface area contributed by atoms with Gasteiger partial charge in [0.15, 0.2) is 5.96 Å². The van der Waals surface area contributed by atoms with E-state index in [9.17, 15) is 0 Å². The normalized spacial score (nSPS) is 12.9. The number of rotatable bonds is 7. The second kappa shape index (κ2) is 9.20. The van der Waals surface area contributed by atoms with Crippen molar-refractivity contribution in [3.63, 3.8) is 0 Å². The molecule has 0 heterocycles. The summed E-state index contributed by atoms with van der Waals surface area (Å²) in [6.07, 6.45) is 0. The standard InChI is InChI=1S/C14H32N4/c1-11(2)10-17-14(15-7)16-8-9-18(12(3)4)13(5)6/h11-13H,8-10H2,1-7H3,(H2,15,16,17). The molecule has 0 aliphatic rings. The number of aliphatic imine (C=N–C) groups is 1. The van der Waals surface area contributed by atoms with Gasteiger partial charge in [-0.05, 0) is 33.6 Å². The molecule has 0 aromatic rings. The number of hydrogen-bond donors (Lipinski definition) is 2.